The van der Waals surface area contributed by atoms with E-state index in [1.807, 2.05) is 0 Å². The minimum absolute atomic E-state index is 1.38. The van der Waals surface area contributed by atoms with Gasteiger partial charge >= 0.3 is 0 Å². The summed E-state index contributed by atoms with van der Waals surface area (Å²) in [6, 6.07) is 0. The highest BCUT2D eigenvalue weighted by Crippen LogP contribution is 1.67. The normalized spacial score (nSPS) is 14.9. The predicted molar refractivity (Wildman–Crippen MR) is 26.4 cm³/mol. The van der Waals surface area contributed by atoms with Gasteiger partial charge in [0, 0.05) is 6.42 Å². The number of nitrogens with zero attached hydrogens (tertiary/aromatic N) is 3. The summed E-state index contributed by atoms with van der Waals surface area (Å²) in [5.74, 6) is 0. The molecule has 1 heterocycles. The van der Waals surface area contributed by atoms with Crippen LogP contribution < -0.4 is 5.32 Å². The molecule has 7 heavy (non-hydrogen) atoms. The van der Waals surface area contributed by atoms with Crippen LogP contribution in [0, 0.1) is 0 Å². The molecule has 0 saturated carbocycles. The molecular formula is C3H8N4. The van der Waals surface area contributed by atoms with Crippen LogP contribution in [0.5, 0.6) is 0 Å². The lowest BCUT2D eigenvalue weighted by Crippen LogP contribution is -2.92. The van der Waals surface area contributed by atoms with Crippen molar-refractivity contribution in [3.63, 3.8) is 0 Å². The molecule has 0 aromatic rings. The van der Waals surface area contributed by atoms with Gasteiger partial charge in [-0.25, -0.2) is 0 Å². The lowest BCUT2D eigenvalue weighted by Gasteiger charge is -2.05. The molecule has 1 aliphatic rings. The number of hydrogen-bond donors (Lipinski definition) is 1. The van der Waals surface area contributed by atoms with Crippen LogP contribution in [0.4, 0.5) is 0 Å². The van der Waals surface area contributed by atoms with Gasteiger partial charge in [-0.15, -0.1) is 0 Å². The van der Waals surface area contributed by atoms with E-state index in [0.717, 1.165) is 0 Å². The SMILES string of the molecule is C1C[NH2+]C1.[N-]=[N+]=[N-]. The van der Waals surface area contributed by atoms with E-state index >= 15 is 0 Å². The summed E-state index contributed by atoms with van der Waals surface area (Å²) in [6.07, 6.45) is 1.44. The fourth-order valence-corrected chi connectivity index (χ4v) is 0.204. The van der Waals surface area contributed by atoms with Crippen molar-refractivity contribution in [3.8, 4) is 0 Å². The van der Waals surface area contributed by atoms with Gasteiger partial charge in [-0.05, 0) is 0 Å². The van der Waals surface area contributed by atoms with E-state index in [1.165, 1.54) is 24.4 Å². The highest BCUT2D eigenvalue weighted by Gasteiger charge is 1.98. The molecule has 40 valence electrons. The van der Waals surface area contributed by atoms with Crippen LogP contribution >= 0.6 is 0 Å². The zero-order valence-electron chi connectivity index (χ0n) is 4.04. The maximum atomic E-state index is 6.75. The first-order valence-corrected chi connectivity index (χ1v) is 2.22. The standard InChI is InChI=1S/C3H7N.N3/c1-2-4-3-1;1-3-2/h4H,1-3H2;/q;-1/p+1. The molecule has 1 aliphatic heterocycles. The lowest BCUT2D eigenvalue weighted by molar-refractivity contribution is -0.705. The van der Waals surface area contributed by atoms with Gasteiger partial charge in [-0.2, -0.15) is 0 Å². The third kappa shape index (κ3) is 5.27. The monoisotopic (exact) mass is 100 g/mol. The van der Waals surface area contributed by atoms with Crippen LogP contribution in [0.15, 0.2) is 0 Å². The van der Waals surface area contributed by atoms with Crippen molar-refractivity contribution >= 4 is 0 Å². The summed E-state index contributed by atoms with van der Waals surface area (Å²) in [4.78, 5) is 1.50. The highest BCUT2D eigenvalue weighted by molar-refractivity contribution is 4.36. The van der Waals surface area contributed by atoms with Gasteiger partial charge in [-0.1, -0.05) is 0 Å². The van der Waals surface area contributed by atoms with Crippen molar-refractivity contribution in [1.82, 2.24) is 0 Å². The first kappa shape index (κ1) is 6.27. The first-order valence-electron chi connectivity index (χ1n) is 2.22. The molecule has 1 saturated heterocycles. The van der Waals surface area contributed by atoms with Gasteiger partial charge in [0.1, 0.15) is 0 Å². The molecule has 0 amide bonds. The number of hydrogen-bond acceptors (Lipinski definition) is 0. The molecule has 4 nitrogen and oxygen atoms in total. The highest BCUT2D eigenvalue weighted by atomic mass is 15.0. The fraction of sp³-hybridized carbons (Fsp3) is 1.00. The second-order valence-corrected chi connectivity index (χ2v) is 1.31. The van der Waals surface area contributed by atoms with E-state index in [1.54, 1.807) is 0 Å². The topological polar surface area (TPSA) is 75.3 Å². The molecule has 0 aromatic carbocycles. The van der Waals surface area contributed by atoms with Crippen molar-refractivity contribution in [2.45, 2.75) is 6.42 Å². The average molecular weight is 100 g/mol. The number of nitrogens with two attached hydrogens (primary N) is 1. The van der Waals surface area contributed by atoms with Crippen LogP contribution in [-0.4, -0.2) is 13.1 Å². The molecule has 0 bridgehead atoms. The maximum absolute atomic E-state index is 6.75. The second-order valence-electron chi connectivity index (χ2n) is 1.31. The molecule has 0 atom stereocenters. The van der Waals surface area contributed by atoms with Crippen molar-refractivity contribution < 1.29 is 5.32 Å². The van der Waals surface area contributed by atoms with Crippen LogP contribution in [0.1, 0.15) is 6.42 Å². The fourth-order valence-electron chi connectivity index (χ4n) is 0.204. The molecule has 0 spiro atoms. The Kier molecular flexibility index (Phi) is 4.72. The second kappa shape index (κ2) is 5.27. The van der Waals surface area contributed by atoms with E-state index in [9.17, 15) is 0 Å². The third-order valence-corrected chi connectivity index (χ3v) is 0.816. The van der Waals surface area contributed by atoms with Gasteiger partial charge in [0.25, 0.3) is 0 Å². The molecule has 1 fully saturated rings. The lowest BCUT2D eigenvalue weighted by atomic mass is 10.3. The van der Waals surface area contributed by atoms with E-state index in [-0.39, 0.29) is 0 Å². The number of quaternary nitrogens is 1. The van der Waals surface area contributed by atoms with Crippen molar-refractivity contribution in [3.05, 3.63) is 16.0 Å². The van der Waals surface area contributed by atoms with Crippen molar-refractivity contribution in [2.24, 2.45) is 0 Å². The Morgan fingerprint density at radius 2 is 1.43 bits per heavy atom. The molecule has 0 radical (unpaired) electrons. The van der Waals surface area contributed by atoms with Gasteiger partial charge in [0.2, 0.25) is 0 Å². The predicted octanol–water partition coefficient (Wildman–Crippen LogP) is -0.180. The average Bonchev–Trinajstić information content (AvgIpc) is 1.27. The minimum atomic E-state index is 1.38. The van der Waals surface area contributed by atoms with Crippen LogP contribution in [0.3, 0.4) is 0 Å². The zero-order chi connectivity index (χ0) is 5.54. The summed E-state index contributed by atoms with van der Waals surface area (Å²) in [6.45, 7) is 2.75. The van der Waals surface area contributed by atoms with Gasteiger partial charge in [-0.3, -0.25) is 4.91 Å². The van der Waals surface area contributed by atoms with Crippen LogP contribution in [-0.2, 0) is 0 Å². The largest absolute Gasteiger partial charge is 0.373 e. The summed E-state index contributed by atoms with van der Waals surface area (Å²) in [5.41, 5.74) is 13.5. The van der Waals surface area contributed by atoms with E-state index in [0.29, 0.717) is 0 Å². The Morgan fingerprint density at radius 1 is 1.29 bits per heavy atom. The van der Waals surface area contributed by atoms with Gasteiger partial charge < -0.3 is 16.4 Å². The summed E-state index contributed by atoms with van der Waals surface area (Å²) >= 11 is 0. The van der Waals surface area contributed by atoms with E-state index < -0.39 is 0 Å². The van der Waals surface area contributed by atoms with E-state index in [4.69, 9.17) is 11.1 Å². The molecule has 0 aliphatic carbocycles. The zero-order valence-corrected chi connectivity index (χ0v) is 4.04. The van der Waals surface area contributed by atoms with Gasteiger partial charge in [0.15, 0.2) is 0 Å². The first-order chi connectivity index (χ1) is 3.41. The van der Waals surface area contributed by atoms with Crippen molar-refractivity contribution in [2.75, 3.05) is 13.1 Å². The van der Waals surface area contributed by atoms with Crippen LogP contribution in [0.25, 0.3) is 16.0 Å². The number of rotatable bonds is 0. The quantitative estimate of drug-likeness (QED) is 0.249. The molecular weight excluding hydrogens is 92.1 g/mol. The third-order valence-electron chi connectivity index (χ3n) is 0.816. The minimum Gasteiger partial charge on any atom is -0.373 e. The molecule has 1 rings (SSSR count). The Bertz CT molecular complexity index is 55.3. The van der Waals surface area contributed by atoms with Gasteiger partial charge in [0.05, 0.1) is 13.1 Å². The smallest absolute Gasteiger partial charge is 0.0809 e. The van der Waals surface area contributed by atoms with E-state index in [2.05, 4.69) is 5.32 Å². The molecule has 0 unspecified atom stereocenters. The Balaban J connectivity index is 0.000000110. The van der Waals surface area contributed by atoms with Crippen LogP contribution in [0.2, 0.25) is 0 Å². The molecule has 2 N–H and O–H groups in total. The summed E-state index contributed by atoms with van der Waals surface area (Å²) in [5, 5.41) is 2.31. The summed E-state index contributed by atoms with van der Waals surface area (Å²) in [7, 11) is 0. The molecule has 0 aromatic heterocycles. The maximum Gasteiger partial charge on any atom is 0.0809 e. The Labute approximate surface area is 41.9 Å². The Hall–Kier alpha value is -0.730. The van der Waals surface area contributed by atoms with Crippen molar-refractivity contribution in [1.29, 1.82) is 0 Å². The summed E-state index contributed by atoms with van der Waals surface area (Å²) < 4.78 is 0. The molecule has 4 heteroatoms. The Morgan fingerprint density at radius 3 is 1.43 bits per heavy atom.